The summed E-state index contributed by atoms with van der Waals surface area (Å²) in [5.41, 5.74) is 1.92. The second-order valence-electron chi connectivity index (χ2n) is 8.49. The smallest absolute Gasteiger partial charge is 0.328 e. The van der Waals surface area contributed by atoms with E-state index < -0.39 is 5.82 Å². The van der Waals surface area contributed by atoms with Crippen molar-refractivity contribution in [2.75, 3.05) is 7.11 Å². The van der Waals surface area contributed by atoms with Crippen LogP contribution in [0.2, 0.25) is 0 Å². The molecule has 1 aliphatic carbocycles. The van der Waals surface area contributed by atoms with E-state index in [1.54, 1.807) is 28.6 Å². The number of aryl methyl sites for hydroxylation is 2. The van der Waals surface area contributed by atoms with Crippen LogP contribution in [0.1, 0.15) is 37.5 Å². The fourth-order valence-electron chi connectivity index (χ4n) is 4.64. The minimum atomic E-state index is -0.474. The number of ether oxygens (including phenoxy) is 1. The normalized spacial score (nSPS) is 19.0. The molecule has 1 fully saturated rings. The van der Waals surface area contributed by atoms with Gasteiger partial charge in [0.1, 0.15) is 0 Å². The van der Waals surface area contributed by atoms with Crippen molar-refractivity contribution >= 4 is 11.0 Å². The van der Waals surface area contributed by atoms with Gasteiger partial charge in [-0.15, -0.1) is 10.2 Å². The predicted octanol–water partition coefficient (Wildman–Crippen LogP) is 3.25. The third-order valence-electron chi connectivity index (χ3n) is 6.45. The van der Waals surface area contributed by atoms with Crippen LogP contribution in [-0.4, -0.2) is 36.2 Å². The third kappa shape index (κ3) is 3.49. The van der Waals surface area contributed by atoms with Gasteiger partial charge < -0.3 is 9.15 Å². The van der Waals surface area contributed by atoms with Crippen LogP contribution in [0.25, 0.3) is 22.5 Å². The van der Waals surface area contributed by atoms with E-state index >= 15 is 0 Å². The van der Waals surface area contributed by atoms with E-state index in [1.807, 2.05) is 13.2 Å². The Labute approximate surface area is 183 Å². The SMILES string of the molecule is COc1cc2c(cc1F)n(C)c(=O)n2CC1CCC(c2nnc(-c3cnn(C)c3)o2)CC1. The van der Waals surface area contributed by atoms with Gasteiger partial charge in [-0.25, -0.2) is 9.18 Å². The van der Waals surface area contributed by atoms with Crippen molar-refractivity contribution in [3.05, 3.63) is 46.7 Å². The highest BCUT2D eigenvalue weighted by molar-refractivity contribution is 5.78. The number of halogens is 1. The fourth-order valence-corrected chi connectivity index (χ4v) is 4.64. The summed E-state index contributed by atoms with van der Waals surface area (Å²) in [6, 6.07) is 2.97. The van der Waals surface area contributed by atoms with Crippen molar-refractivity contribution in [2.45, 2.75) is 38.1 Å². The van der Waals surface area contributed by atoms with Crippen molar-refractivity contribution < 1.29 is 13.5 Å². The van der Waals surface area contributed by atoms with Crippen LogP contribution in [0, 0.1) is 11.7 Å². The number of hydrogen-bond acceptors (Lipinski definition) is 6. The monoisotopic (exact) mass is 440 g/mol. The predicted molar refractivity (Wildman–Crippen MR) is 115 cm³/mol. The standard InChI is InChI=1S/C22H25FN6O3/c1-27-12-15(10-24-27)21-26-25-20(32-21)14-6-4-13(5-7-14)11-29-18-9-19(31-3)16(23)8-17(18)28(2)22(29)30/h8-10,12-14H,4-7,11H2,1-3H3. The van der Waals surface area contributed by atoms with Crippen molar-refractivity contribution in [3.63, 3.8) is 0 Å². The Bertz CT molecular complexity index is 1330. The van der Waals surface area contributed by atoms with E-state index in [0.29, 0.717) is 35.3 Å². The summed E-state index contributed by atoms with van der Waals surface area (Å²) in [4.78, 5) is 12.8. The molecule has 0 amide bonds. The van der Waals surface area contributed by atoms with Crippen LogP contribution in [0.3, 0.4) is 0 Å². The number of methoxy groups -OCH3 is 1. The second-order valence-corrected chi connectivity index (χ2v) is 8.49. The van der Waals surface area contributed by atoms with Crippen LogP contribution in [0.4, 0.5) is 4.39 Å². The summed E-state index contributed by atoms with van der Waals surface area (Å²) < 4.78 is 30.1. The van der Waals surface area contributed by atoms with Crippen molar-refractivity contribution in [1.29, 1.82) is 0 Å². The maximum Gasteiger partial charge on any atom is 0.328 e. The Kier molecular flexibility index (Phi) is 5.07. The van der Waals surface area contributed by atoms with Gasteiger partial charge in [0.2, 0.25) is 5.89 Å². The van der Waals surface area contributed by atoms with Gasteiger partial charge in [-0.05, 0) is 31.6 Å². The molecular weight excluding hydrogens is 415 g/mol. The summed E-state index contributed by atoms with van der Waals surface area (Å²) in [6.45, 7) is 0.586. The van der Waals surface area contributed by atoms with Gasteiger partial charge in [0.05, 0.1) is 29.9 Å². The van der Waals surface area contributed by atoms with E-state index in [2.05, 4.69) is 15.3 Å². The first-order chi connectivity index (χ1) is 15.4. The molecular formula is C22H25FN6O3. The van der Waals surface area contributed by atoms with Gasteiger partial charge in [0, 0.05) is 44.9 Å². The number of aromatic nitrogens is 6. The summed E-state index contributed by atoms with van der Waals surface area (Å²) >= 11 is 0. The number of nitrogens with zero attached hydrogens (tertiary/aromatic N) is 6. The molecule has 1 aromatic carbocycles. The highest BCUT2D eigenvalue weighted by Crippen LogP contribution is 2.37. The molecule has 1 aliphatic rings. The Balaban J connectivity index is 1.30. The number of benzene rings is 1. The van der Waals surface area contributed by atoms with Crippen LogP contribution in [0.5, 0.6) is 5.75 Å². The highest BCUT2D eigenvalue weighted by Gasteiger charge is 2.28. The van der Waals surface area contributed by atoms with E-state index in [4.69, 9.17) is 9.15 Å². The average molecular weight is 440 g/mol. The molecule has 4 aromatic rings. The Morgan fingerprint density at radius 1 is 1.16 bits per heavy atom. The molecule has 5 rings (SSSR count). The third-order valence-corrected chi connectivity index (χ3v) is 6.45. The molecule has 1 saturated carbocycles. The first kappa shape index (κ1) is 20.5. The van der Waals surface area contributed by atoms with Gasteiger partial charge >= 0.3 is 5.69 Å². The summed E-state index contributed by atoms with van der Waals surface area (Å²) in [5.74, 6) is 1.36. The Hall–Kier alpha value is -3.43. The van der Waals surface area contributed by atoms with E-state index in [0.717, 1.165) is 31.2 Å². The van der Waals surface area contributed by atoms with Crippen molar-refractivity contribution in [3.8, 4) is 17.2 Å². The minimum Gasteiger partial charge on any atom is -0.494 e. The van der Waals surface area contributed by atoms with Crippen LogP contribution in [-0.2, 0) is 20.6 Å². The quantitative estimate of drug-likeness (QED) is 0.473. The van der Waals surface area contributed by atoms with Crippen molar-refractivity contribution in [2.24, 2.45) is 20.0 Å². The lowest BCUT2D eigenvalue weighted by atomic mass is 9.82. The molecule has 0 atom stereocenters. The van der Waals surface area contributed by atoms with Gasteiger partial charge in [-0.2, -0.15) is 5.10 Å². The summed E-state index contributed by atoms with van der Waals surface area (Å²) in [6.07, 6.45) is 7.26. The van der Waals surface area contributed by atoms with Gasteiger partial charge in [0.15, 0.2) is 11.6 Å². The van der Waals surface area contributed by atoms with E-state index in [-0.39, 0.29) is 17.4 Å². The Morgan fingerprint density at radius 3 is 2.62 bits per heavy atom. The molecule has 0 saturated heterocycles. The minimum absolute atomic E-state index is 0.140. The number of imidazole rings is 1. The first-order valence-corrected chi connectivity index (χ1v) is 10.7. The van der Waals surface area contributed by atoms with E-state index in [9.17, 15) is 9.18 Å². The van der Waals surface area contributed by atoms with Crippen LogP contribution < -0.4 is 10.4 Å². The molecule has 32 heavy (non-hydrogen) atoms. The molecule has 0 spiro atoms. The average Bonchev–Trinajstić information content (AvgIpc) is 3.50. The summed E-state index contributed by atoms with van der Waals surface area (Å²) in [5, 5.41) is 12.6. The summed E-state index contributed by atoms with van der Waals surface area (Å²) in [7, 11) is 4.93. The Morgan fingerprint density at radius 2 is 1.94 bits per heavy atom. The highest BCUT2D eigenvalue weighted by atomic mass is 19.1. The van der Waals surface area contributed by atoms with Crippen molar-refractivity contribution in [1.82, 2.24) is 29.1 Å². The molecule has 0 unspecified atom stereocenters. The number of rotatable bonds is 5. The fraction of sp³-hybridized carbons (Fsp3) is 0.455. The van der Waals surface area contributed by atoms with Gasteiger partial charge in [0.25, 0.3) is 5.89 Å². The maximum absolute atomic E-state index is 14.1. The molecule has 3 aromatic heterocycles. The molecule has 168 valence electrons. The van der Waals surface area contributed by atoms with Crippen LogP contribution in [0.15, 0.2) is 33.7 Å². The van der Waals surface area contributed by atoms with E-state index in [1.165, 1.54) is 17.7 Å². The zero-order valence-corrected chi connectivity index (χ0v) is 18.3. The largest absolute Gasteiger partial charge is 0.494 e. The molecule has 3 heterocycles. The second kappa shape index (κ2) is 7.92. The zero-order chi connectivity index (χ0) is 22.4. The number of fused-ring (bicyclic) bond motifs is 1. The van der Waals surface area contributed by atoms with Gasteiger partial charge in [-0.1, -0.05) is 0 Å². The molecule has 0 aliphatic heterocycles. The number of hydrogen-bond donors (Lipinski definition) is 0. The molecule has 0 bridgehead atoms. The topological polar surface area (TPSA) is 92.9 Å². The first-order valence-electron chi connectivity index (χ1n) is 10.7. The van der Waals surface area contributed by atoms with Crippen LogP contribution >= 0.6 is 0 Å². The molecule has 10 heteroatoms. The molecule has 0 radical (unpaired) electrons. The maximum atomic E-state index is 14.1. The lowest BCUT2D eigenvalue weighted by Crippen LogP contribution is -2.27. The zero-order valence-electron chi connectivity index (χ0n) is 18.3. The van der Waals surface area contributed by atoms with Gasteiger partial charge in [-0.3, -0.25) is 13.8 Å². The lowest BCUT2D eigenvalue weighted by Gasteiger charge is -2.26. The molecule has 9 nitrogen and oxygen atoms in total. The lowest BCUT2D eigenvalue weighted by molar-refractivity contribution is 0.270. The molecule has 0 N–H and O–H groups in total.